The van der Waals surface area contributed by atoms with E-state index in [1.165, 1.54) is 0 Å². The standard InChI is InChI=1S/C9H6F3N3O/c10-5-2-1-4(6(11)7(5)12)8(16)9-13-3-14-15-9/h1-3,8,16H,(H,13,14,15). The summed E-state index contributed by atoms with van der Waals surface area (Å²) < 4.78 is 38.8. The Bertz CT molecular complexity index is 501. The molecule has 0 bridgehead atoms. The minimum atomic E-state index is -1.63. The lowest BCUT2D eigenvalue weighted by atomic mass is 10.1. The van der Waals surface area contributed by atoms with Crippen molar-refractivity contribution in [3.05, 3.63) is 47.3 Å². The fourth-order valence-corrected chi connectivity index (χ4v) is 1.25. The van der Waals surface area contributed by atoms with Gasteiger partial charge < -0.3 is 5.11 Å². The van der Waals surface area contributed by atoms with Crippen molar-refractivity contribution in [3.63, 3.8) is 0 Å². The van der Waals surface area contributed by atoms with Gasteiger partial charge in [0.05, 0.1) is 0 Å². The van der Waals surface area contributed by atoms with Crippen molar-refractivity contribution < 1.29 is 18.3 Å². The predicted molar refractivity (Wildman–Crippen MR) is 46.8 cm³/mol. The fourth-order valence-electron chi connectivity index (χ4n) is 1.25. The van der Waals surface area contributed by atoms with Crippen LogP contribution in [-0.4, -0.2) is 20.3 Å². The molecule has 1 atom stereocenters. The summed E-state index contributed by atoms with van der Waals surface area (Å²) in [7, 11) is 0. The van der Waals surface area contributed by atoms with Gasteiger partial charge in [-0.25, -0.2) is 18.2 Å². The summed E-state index contributed by atoms with van der Waals surface area (Å²) in [4.78, 5) is 3.59. The molecule has 4 nitrogen and oxygen atoms in total. The van der Waals surface area contributed by atoms with Crippen molar-refractivity contribution >= 4 is 0 Å². The summed E-state index contributed by atoms with van der Waals surface area (Å²) >= 11 is 0. The Hall–Kier alpha value is -1.89. The van der Waals surface area contributed by atoms with Gasteiger partial charge in [-0.15, -0.1) is 0 Å². The molecule has 1 aromatic heterocycles. The predicted octanol–water partition coefficient (Wildman–Crippen LogP) is 1.30. The van der Waals surface area contributed by atoms with Gasteiger partial charge in [-0.05, 0) is 12.1 Å². The molecule has 7 heteroatoms. The second-order valence-corrected chi connectivity index (χ2v) is 3.04. The zero-order chi connectivity index (χ0) is 11.7. The minimum absolute atomic E-state index is 0.0510. The largest absolute Gasteiger partial charge is 0.380 e. The number of aliphatic hydroxyl groups is 1. The van der Waals surface area contributed by atoms with Crippen molar-refractivity contribution in [2.45, 2.75) is 6.10 Å². The fraction of sp³-hybridized carbons (Fsp3) is 0.111. The molecular formula is C9H6F3N3O. The van der Waals surface area contributed by atoms with E-state index in [1.54, 1.807) is 0 Å². The number of H-pyrrole nitrogens is 1. The van der Waals surface area contributed by atoms with Crippen molar-refractivity contribution in [3.8, 4) is 0 Å². The maximum Gasteiger partial charge on any atom is 0.194 e. The molecule has 0 spiro atoms. The van der Waals surface area contributed by atoms with Gasteiger partial charge in [0.1, 0.15) is 12.4 Å². The van der Waals surface area contributed by atoms with Gasteiger partial charge in [0.2, 0.25) is 0 Å². The lowest BCUT2D eigenvalue weighted by molar-refractivity contribution is 0.203. The molecule has 2 rings (SSSR count). The van der Waals surface area contributed by atoms with E-state index in [2.05, 4.69) is 15.2 Å². The Kier molecular flexibility index (Phi) is 2.61. The van der Waals surface area contributed by atoms with Gasteiger partial charge in [0.15, 0.2) is 23.3 Å². The van der Waals surface area contributed by atoms with Crippen LogP contribution < -0.4 is 0 Å². The Labute approximate surface area is 87.8 Å². The minimum Gasteiger partial charge on any atom is -0.380 e. The first-order chi connectivity index (χ1) is 7.61. The molecule has 0 aliphatic rings. The van der Waals surface area contributed by atoms with E-state index in [4.69, 9.17) is 0 Å². The number of hydrogen-bond acceptors (Lipinski definition) is 3. The topological polar surface area (TPSA) is 61.8 Å². The average molecular weight is 229 g/mol. The van der Waals surface area contributed by atoms with Crippen LogP contribution in [-0.2, 0) is 0 Å². The number of aromatic nitrogens is 3. The second-order valence-electron chi connectivity index (χ2n) is 3.04. The van der Waals surface area contributed by atoms with Gasteiger partial charge in [-0.2, -0.15) is 5.10 Å². The number of nitrogens with one attached hydrogen (secondary N) is 1. The number of nitrogens with zero attached hydrogens (tertiary/aromatic N) is 2. The highest BCUT2D eigenvalue weighted by molar-refractivity contribution is 5.25. The number of hydrogen-bond donors (Lipinski definition) is 2. The van der Waals surface area contributed by atoms with Crippen LogP contribution in [0.1, 0.15) is 17.5 Å². The van der Waals surface area contributed by atoms with E-state index < -0.39 is 29.1 Å². The molecule has 16 heavy (non-hydrogen) atoms. The van der Waals surface area contributed by atoms with Gasteiger partial charge in [-0.3, -0.25) is 5.10 Å². The highest BCUT2D eigenvalue weighted by Gasteiger charge is 2.21. The smallest absolute Gasteiger partial charge is 0.194 e. The van der Waals surface area contributed by atoms with Gasteiger partial charge in [0.25, 0.3) is 0 Å². The molecule has 2 aromatic rings. The van der Waals surface area contributed by atoms with Crippen LogP contribution in [0.2, 0.25) is 0 Å². The van der Waals surface area contributed by atoms with Crippen LogP contribution in [0.25, 0.3) is 0 Å². The van der Waals surface area contributed by atoms with Crippen LogP contribution in [0, 0.1) is 17.5 Å². The molecule has 0 aliphatic carbocycles. The second kappa shape index (κ2) is 3.93. The van der Waals surface area contributed by atoms with Crippen molar-refractivity contribution in [2.24, 2.45) is 0 Å². The number of aromatic amines is 1. The number of aliphatic hydroxyl groups excluding tert-OH is 1. The number of rotatable bonds is 2. The van der Waals surface area contributed by atoms with Gasteiger partial charge in [0, 0.05) is 5.56 Å². The lowest BCUT2D eigenvalue weighted by Gasteiger charge is -2.09. The molecule has 0 saturated heterocycles. The Morgan fingerprint density at radius 2 is 1.94 bits per heavy atom. The zero-order valence-corrected chi connectivity index (χ0v) is 7.78. The highest BCUT2D eigenvalue weighted by atomic mass is 19.2. The normalized spacial score (nSPS) is 12.8. The molecule has 0 amide bonds. The molecule has 0 aliphatic heterocycles. The van der Waals surface area contributed by atoms with E-state index in [0.29, 0.717) is 0 Å². The monoisotopic (exact) mass is 229 g/mol. The summed E-state index contributed by atoms with van der Waals surface area (Å²) in [5.41, 5.74) is -0.407. The maximum atomic E-state index is 13.3. The maximum absolute atomic E-state index is 13.3. The summed E-state index contributed by atoms with van der Waals surface area (Å²) in [6.07, 6.45) is -0.409. The SMILES string of the molecule is OC(c1ncn[nH]1)c1ccc(F)c(F)c1F. The van der Waals surface area contributed by atoms with Gasteiger partial charge >= 0.3 is 0 Å². The summed E-state index contributed by atoms with van der Waals surface area (Å²) in [6.45, 7) is 0. The Morgan fingerprint density at radius 3 is 2.56 bits per heavy atom. The van der Waals surface area contributed by atoms with Crippen LogP contribution in [0.4, 0.5) is 13.2 Å². The molecular weight excluding hydrogens is 223 g/mol. The quantitative estimate of drug-likeness (QED) is 0.763. The van der Waals surface area contributed by atoms with Crippen molar-refractivity contribution in [1.82, 2.24) is 15.2 Å². The van der Waals surface area contributed by atoms with E-state index in [0.717, 1.165) is 18.5 Å². The molecule has 84 valence electrons. The molecule has 0 fully saturated rings. The average Bonchev–Trinajstić information content (AvgIpc) is 2.79. The van der Waals surface area contributed by atoms with Gasteiger partial charge in [-0.1, -0.05) is 0 Å². The number of benzene rings is 1. The molecule has 0 saturated carbocycles. The summed E-state index contributed by atoms with van der Waals surface area (Å²) in [5, 5.41) is 15.4. The molecule has 1 unspecified atom stereocenters. The Morgan fingerprint density at radius 1 is 1.19 bits per heavy atom. The highest BCUT2D eigenvalue weighted by Crippen LogP contribution is 2.24. The first-order valence-corrected chi connectivity index (χ1v) is 4.28. The molecule has 1 aromatic carbocycles. The Balaban J connectivity index is 2.45. The van der Waals surface area contributed by atoms with Crippen LogP contribution >= 0.6 is 0 Å². The molecule has 0 radical (unpaired) electrons. The van der Waals surface area contributed by atoms with Crippen LogP contribution in [0.15, 0.2) is 18.5 Å². The van der Waals surface area contributed by atoms with E-state index in [9.17, 15) is 18.3 Å². The third-order valence-electron chi connectivity index (χ3n) is 2.05. The third kappa shape index (κ3) is 1.65. The van der Waals surface area contributed by atoms with Crippen molar-refractivity contribution in [1.29, 1.82) is 0 Å². The van der Waals surface area contributed by atoms with Crippen molar-refractivity contribution in [2.75, 3.05) is 0 Å². The first kappa shape index (κ1) is 10.6. The van der Waals surface area contributed by atoms with E-state index in [1.807, 2.05) is 0 Å². The zero-order valence-electron chi connectivity index (χ0n) is 7.78. The summed E-state index contributed by atoms with van der Waals surface area (Å²) in [5.74, 6) is -4.43. The number of halogens is 3. The van der Waals surface area contributed by atoms with E-state index >= 15 is 0 Å². The first-order valence-electron chi connectivity index (χ1n) is 4.28. The lowest BCUT2D eigenvalue weighted by Crippen LogP contribution is -2.07. The molecule has 1 heterocycles. The van der Waals surface area contributed by atoms with E-state index in [-0.39, 0.29) is 5.82 Å². The summed E-state index contributed by atoms with van der Waals surface area (Å²) in [6, 6.07) is 1.67. The van der Waals surface area contributed by atoms with Crippen LogP contribution in [0.3, 0.4) is 0 Å². The third-order valence-corrected chi connectivity index (χ3v) is 2.05. The molecule has 2 N–H and O–H groups in total. The van der Waals surface area contributed by atoms with Crippen LogP contribution in [0.5, 0.6) is 0 Å².